The van der Waals surface area contributed by atoms with Gasteiger partial charge in [0, 0.05) is 46.8 Å². The average molecular weight is 783 g/mol. The summed E-state index contributed by atoms with van der Waals surface area (Å²) in [5.41, 5.74) is 7.88. The molecule has 2 heterocycles. The van der Waals surface area contributed by atoms with Crippen molar-refractivity contribution in [2.24, 2.45) is 45.2 Å². The zero-order chi connectivity index (χ0) is 38.9. The second-order valence-corrected chi connectivity index (χ2v) is 18.6. The number of anilines is 1. The molecule has 0 radical (unpaired) electrons. The third-order valence-electron chi connectivity index (χ3n) is 13.0. The van der Waals surface area contributed by atoms with Crippen LogP contribution in [0.1, 0.15) is 97.3 Å². The number of phenolic OH excluding ortho intramolecular Hbond substituents is 1. The minimum atomic E-state index is -0.929. The number of phenols is 1. The van der Waals surface area contributed by atoms with E-state index in [1.807, 2.05) is 19.1 Å². The number of hydrogen-bond donors (Lipinski definition) is 7. The highest BCUT2D eigenvalue weighted by atomic mass is 32.1. The summed E-state index contributed by atoms with van der Waals surface area (Å²) in [6.45, 7) is 3.50. The van der Waals surface area contributed by atoms with Gasteiger partial charge in [-0.2, -0.15) is 0 Å². The molecule has 4 aliphatic carbocycles. The van der Waals surface area contributed by atoms with Crippen molar-refractivity contribution in [2.75, 3.05) is 25.5 Å². The fourth-order valence-corrected chi connectivity index (χ4v) is 12.5. The van der Waals surface area contributed by atoms with E-state index in [-0.39, 0.29) is 47.9 Å². The molecule has 9 nitrogen and oxygen atoms in total. The number of benzene rings is 1. The first kappa shape index (κ1) is 39.4. The molecule has 8 N–H and O–H groups in total. The molecule has 8 atom stereocenters. The van der Waals surface area contributed by atoms with Gasteiger partial charge in [-0.25, -0.2) is 0 Å². The number of fused-ring (bicyclic) bond motifs is 4. The number of carbonyl (C=O) groups excluding carboxylic acids is 1. The first-order chi connectivity index (χ1) is 26.5. The van der Waals surface area contributed by atoms with Gasteiger partial charge in [0.05, 0.1) is 39.8 Å². The third-order valence-corrected chi connectivity index (χ3v) is 15.3. The first-order valence-corrected chi connectivity index (χ1v) is 21.4. The number of thiophene rings is 2. The fourth-order valence-electron chi connectivity index (χ4n) is 10.5. The Bertz CT molecular complexity index is 2040. The predicted molar refractivity (Wildman–Crippen MR) is 221 cm³/mol. The fraction of sp³-hybridized carbons (Fsp3) is 0.545. The van der Waals surface area contributed by atoms with Gasteiger partial charge in [0.15, 0.2) is 11.7 Å². The second kappa shape index (κ2) is 16.3. The van der Waals surface area contributed by atoms with Crippen LogP contribution in [0, 0.1) is 58.2 Å². The topological polar surface area (TPSA) is 160 Å². The maximum absolute atomic E-state index is 15.0. The summed E-state index contributed by atoms with van der Waals surface area (Å²) in [5.74, 6) is 13.7. The summed E-state index contributed by atoms with van der Waals surface area (Å²) in [4.78, 5) is 23.1. The lowest BCUT2D eigenvalue weighted by Crippen LogP contribution is -2.50. The van der Waals surface area contributed by atoms with Crippen molar-refractivity contribution in [1.29, 1.82) is 0 Å². The van der Waals surface area contributed by atoms with E-state index in [1.165, 1.54) is 0 Å². The van der Waals surface area contributed by atoms with Crippen molar-refractivity contribution in [3.63, 3.8) is 0 Å². The predicted octanol–water partition coefficient (Wildman–Crippen LogP) is 6.38. The van der Waals surface area contributed by atoms with Gasteiger partial charge in [0.1, 0.15) is 5.75 Å². The number of nitrogens with one attached hydrogen (secondary N) is 2. The largest absolute Gasteiger partial charge is 0.508 e. The lowest BCUT2D eigenvalue weighted by molar-refractivity contribution is 0.00632. The number of ketones is 1. The molecule has 3 fully saturated rings. The van der Waals surface area contributed by atoms with Crippen LogP contribution >= 0.6 is 22.7 Å². The van der Waals surface area contributed by atoms with Crippen LogP contribution in [0.4, 0.5) is 5.69 Å². The van der Waals surface area contributed by atoms with Gasteiger partial charge in [-0.05, 0) is 124 Å². The van der Waals surface area contributed by atoms with Crippen LogP contribution in [0.2, 0.25) is 0 Å². The van der Waals surface area contributed by atoms with Crippen molar-refractivity contribution in [1.82, 2.24) is 5.32 Å². The summed E-state index contributed by atoms with van der Waals surface area (Å²) in [5, 5.41) is 50.2. The number of Topliss-reactive ketones (excluding diaryl/α,β-unsaturated/α-hetero) is 1. The van der Waals surface area contributed by atoms with Crippen molar-refractivity contribution >= 4 is 40.1 Å². The molecule has 2 spiro atoms. The maximum Gasteiger partial charge on any atom is 0.188 e. The second-order valence-electron chi connectivity index (χ2n) is 16.4. The van der Waals surface area contributed by atoms with Crippen LogP contribution in [-0.4, -0.2) is 70.6 Å². The molecule has 3 bridgehead atoms. The number of rotatable bonds is 9. The average Bonchev–Trinajstić information content (AvgIpc) is 4.00. The van der Waals surface area contributed by atoms with Crippen molar-refractivity contribution < 1.29 is 25.2 Å². The van der Waals surface area contributed by atoms with E-state index in [1.54, 1.807) is 48.8 Å². The quantitative estimate of drug-likeness (QED) is 0.0570. The Morgan fingerprint density at radius 2 is 1.85 bits per heavy atom. The van der Waals surface area contributed by atoms with Crippen molar-refractivity contribution in [3.8, 4) is 39.2 Å². The van der Waals surface area contributed by atoms with E-state index >= 15 is 0 Å². The molecule has 4 aliphatic rings. The monoisotopic (exact) mass is 782 g/mol. The van der Waals surface area contributed by atoms with E-state index in [2.05, 4.69) is 51.4 Å². The zero-order valence-corrected chi connectivity index (χ0v) is 33.7. The smallest absolute Gasteiger partial charge is 0.188 e. The molecule has 7 rings (SSSR count). The van der Waals surface area contributed by atoms with Crippen molar-refractivity contribution in [2.45, 2.75) is 96.3 Å². The number of nitrogens with zero attached hydrogens (tertiary/aromatic N) is 1. The summed E-state index contributed by atoms with van der Waals surface area (Å²) in [6, 6.07) is 11.4. The van der Waals surface area contributed by atoms with E-state index < -0.39 is 23.0 Å². The Kier molecular flexibility index (Phi) is 11.7. The third kappa shape index (κ3) is 7.93. The number of guanidine groups is 1. The molecule has 0 unspecified atom stereocenters. The van der Waals surface area contributed by atoms with Gasteiger partial charge >= 0.3 is 0 Å². The SMILES string of the molecule is CC#Cc1ccc(-c2ccc(C(=O)[C@@H]3CC[C@@H]4C[C@@]35C[C@@H]([C@H](O)CO)[C@@H](C5)C3(C#Cc5c(cc(O)cc5NC[C@H](C)O)C[C@@H]4NC(N)=NC)CCCC3)s2)s1. The molecule has 3 saturated carbocycles. The number of nitrogens with two attached hydrogens (primary N) is 1. The van der Waals surface area contributed by atoms with Crippen LogP contribution in [0.5, 0.6) is 5.75 Å². The van der Waals surface area contributed by atoms with Gasteiger partial charge in [-0.3, -0.25) is 9.79 Å². The number of aliphatic hydroxyl groups excluding tert-OH is 3. The number of hydrogen-bond acceptors (Lipinski definition) is 9. The molecule has 0 saturated heterocycles. The van der Waals surface area contributed by atoms with Crippen LogP contribution in [-0.2, 0) is 6.42 Å². The Hall–Kier alpha value is -3.84. The summed E-state index contributed by atoms with van der Waals surface area (Å²) in [7, 11) is 1.66. The molecule has 55 heavy (non-hydrogen) atoms. The van der Waals surface area contributed by atoms with Crippen LogP contribution in [0.15, 0.2) is 41.4 Å². The van der Waals surface area contributed by atoms with Gasteiger partial charge in [-0.15, -0.1) is 28.6 Å². The summed E-state index contributed by atoms with van der Waals surface area (Å²) >= 11 is 3.19. The van der Waals surface area contributed by atoms with E-state index in [4.69, 9.17) is 5.73 Å². The molecule has 0 aliphatic heterocycles. The van der Waals surface area contributed by atoms with E-state index in [0.29, 0.717) is 37.5 Å². The Morgan fingerprint density at radius 1 is 1.09 bits per heavy atom. The van der Waals surface area contributed by atoms with Gasteiger partial charge in [0.2, 0.25) is 0 Å². The lowest BCUT2D eigenvalue weighted by Gasteiger charge is -2.47. The van der Waals surface area contributed by atoms with Crippen LogP contribution < -0.4 is 16.4 Å². The number of aliphatic hydroxyl groups is 3. The number of aliphatic imine (C=N–C) groups is 1. The van der Waals surface area contributed by atoms with Gasteiger partial charge < -0.3 is 36.8 Å². The standard InChI is InChI=1S/C44H54N4O5S2/c1-4-7-30-9-11-38(54-30)39-12-13-40(55-39)41(53)33-10-8-27-21-44(33)22-32(37(52)25-49)34(23-44)43(15-5-6-16-43)17-14-31-28(19-35(27)48-42(45)46-3)18-29(51)20-36(31)47-24-26(2)50/h9,11-13,18,20,26-27,32-35,37,47,49-52H,5-6,8,10,15-16,19,21-25H2,1-3H3,(H3,45,46,48)/t26-,27+,32+,33-,34+,35-,37+,44-/m0/s1. The molecule has 3 aromatic rings. The lowest BCUT2D eigenvalue weighted by atomic mass is 9.57. The Balaban J connectivity index is 1.35. The minimum absolute atomic E-state index is 0.0237. The molecular formula is C44H54N4O5S2. The number of carbonyl (C=O) groups is 1. The summed E-state index contributed by atoms with van der Waals surface area (Å²) in [6.07, 6.45) is 6.39. The molecule has 2 aromatic heterocycles. The Labute approximate surface area is 332 Å². The number of aromatic hydroxyl groups is 1. The normalized spacial score (nSPS) is 28.0. The van der Waals surface area contributed by atoms with Crippen LogP contribution in [0.25, 0.3) is 9.75 Å². The molecular weight excluding hydrogens is 729 g/mol. The van der Waals surface area contributed by atoms with Gasteiger partial charge in [-0.1, -0.05) is 30.6 Å². The minimum Gasteiger partial charge on any atom is -0.508 e. The van der Waals surface area contributed by atoms with Crippen LogP contribution in [0.3, 0.4) is 0 Å². The van der Waals surface area contributed by atoms with Gasteiger partial charge in [0.25, 0.3) is 0 Å². The molecule has 292 valence electrons. The maximum atomic E-state index is 15.0. The summed E-state index contributed by atoms with van der Waals surface area (Å²) < 4.78 is 0. The first-order valence-electron chi connectivity index (χ1n) is 19.7. The van der Waals surface area contributed by atoms with Crippen molar-refractivity contribution in [3.05, 3.63) is 57.3 Å². The van der Waals surface area contributed by atoms with E-state index in [9.17, 15) is 25.2 Å². The molecule has 0 amide bonds. The Morgan fingerprint density at radius 3 is 2.58 bits per heavy atom. The highest BCUT2D eigenvalue weighted by Gasteiger charge is 2.60. The zero-order valence-electron chi connectivity index (χ0n) is 32.0. The highest BCUT2D eigenvalue weighted by molar-refractivity contribution is 7.23. The molecule has 11 heteroatoms. The van der Waals surface area contributed by atoms with E-state index in [0.717, 1.165) is 75.6 Å². The molecule has 1 aromatic carbocycles. The highest BCUT2D eigenvalue weighted by Crippen LogP contribution is 2.65.